The van der Waals surface area contributed by atoms with E-state index in [4.69, 9.17) is 29.4 Å². The number of rotatable bonds is 6. The lowest BCUT2D eigenvalue weighted by Gasteiger charge is -2.46. The monoisotopic (exact) mass is 443 g/mol. The fourth-order valence-corrected chi connectivity index (χ4v) is 4.20. The number of methoxy groups -OCH3 is 1. The Morgan fingerprint density at radius 1 is 1.22 bits per heavy atom. The molecule has 1 aromatic carbocycles. The summed E-state index contributed by atoms with van der Waals surface area (Å²) in [4.78, 5) is 23.2. The number of nitrogens with one attached hydrogen (secondary N) is 1. The van der Waals surface area contributed by atoms with E-state index in [-0.39, 0.29) is 23.6 Å². The normalized spacial score (nSPS) is 28.0. The van der Waals surface area contributed by atoms with Crippen LogP contribution in [0.2, 0.25) is 0 Å². The van der Waals surface area contributed by atoms with Crippen molar-refractivity contribution in [2.75, 3.05) is 39.3 Å². The van der Waals surface area contributed by atoms with Crippen LogP contribution in [0.1, 0.15) is 17.9 Å². The highest BCUT2D eigenvalue weighted by Gasteiger charge is 2.47. The van der Waals surface area contributed by atoms with Crippen LogP contribution in [0, 0.1) is 0 Å². The Morgan fingerprint density at radius 2 is 2.06 bits per heavy atom. The van der Waals surface area contributed by atoms with Crippen molar-refractivity contribution in [3.8, 4) is 0 Å². The first-order chi connectivity index (χ1) is 15.7. The number of nitrogens with two attached hydrogens (primary N) is 1. The van der Waals surface area contributed by atoms with Gasteiger partial charge in [-0.05, 0) is 0 Å². The molecular weight excluding hydrogens is 418 g/mol. The lowest BCUT2D eigenvalue weighted by Crippen LogP contribution is -2.57. The zero-order valence-electron chi connectivity index (χ0n) is 17.5. The second-order valence-corrected chi connectivity index (χ2v) is 7.72. The Balaban J connectivity index is 1.48. The Morgan fingerprint density at radius 3 is 2.88 bits per heavy atom. The third kappa shape index (κ3) is 3.89. The van der Waals surface area contributed by atoms with Gasteiger partial charge >= 0.3 is 0 Å². The largest absolute Gasteiger partial charge is 0.382 e. The van der Waals surface area contributed by atoms with Gasteiger partial charge in [-0.2, -0.15) is 4.98 Å². The zero-order chi connectivity index (χ0) is 22.1. The predicted molar refractivity (Wildman–Crippen MR) is 113 cm³/mol. The van der Waals surface area contributed by atoms with Crippen LogP contribution in [-0.4, -0.2) is 71.4 Å². The van der Waals surface area contributed by atoms with Crippen LogP contribution in [0.15, 0.2) is 41.5 Å². The fraction of sp³-hybridized carbons (Fsp3) is 0.476. The number of H-pyrrole nitrogens is 1. The SMILES string of the molecule is COCCO[C@@H]1[C@@H]2OC(c3ccccc3)OC[C@H]2OC[C@H]1n1cnc2c(=O)[nH]c(N)nc21. The summed E-state index contributed by atoms with van der Waals surface area (Å²) in [6.45, 7) is 1.47. The zero-order valence-corrected chi connectivity index (χ0v) is 17.5. The predicted octanol–water partition coefficient (Wildman–Crippen LogP) is 0.788. The van der Waals surface area contributed by atoms with E-state index < -0.39 is 24.1 Å². The summed E-state index contributed by atoms with van der Waals surface area (Å²) in [5.41, 5.74) is 6.86. The lowest BCUT2D eigenvalue weighted by molar-refractivity contribution is -0.312. The highest BCUT2D eigenvalue weighted by Crippen LogP contribution is 2.37. The third-order valence-corrected chi connectivity index (χ3v) is 5.72. The minimum absolute atomic E-state index is 0.0159. The first-order valence-corrected chi connectivity index (χ1v) is 10.4. The molecule has 5 atom stereocenters. The summed E-state index contributed by atoms with van der Waals surface area (Å²) in [5, 5.41) is 0. The molecule has 1 unspecified atom stereocenters. The number of hydrogen-bond acceptors (Lipinski definition) is 9. The smallest absolute Gasteiger partial charge is 0.280 e. The van der Waals surface area contributed by atoms with E-state index >= 15 is 0 Å². The number of benzene rings is 1. The summed E-state index contributed by atoms with van der Waals surface area (Å²) in [6, 6.07) is 9.38. The lowest BCUT2D eigenvalue weighted by atomic mass is 9.96. The van der Waals surface area contributed by atoms with Gasteiger partial charge in [-0.1, -0.05) is 30.3 Å². The van der Waals surface area contributed by atoms with Gasteiger partial charge in [0.2, 0.25) is 5.95 Å². The van der Waals surface area contributed by atoms with E-state index in [9.17, 15) is 4.79 Å². The number of fused-ring (bicyclic) bond motifs is 2. The number of aromatic nitrogens is 4. The molecule has 2 saturated heterocycles. The summed E-state index contributed by atoms with van der Waals surface area (Å²) in [6.07, 6.45) is -0.110. The third-order valence-electron chi connectivity index (χ3n) is 5.72. The number of hydrogen-bond donors (Lipinski definition) is 2. The molecule has 2 aromatic heterocycles. The van der Waals surface area contributed by atoms with Gasteiger partial charge in [0.25, 0.3) is 5.56 Å². The van der Waals surface area contributed by atoms with Crippen LogP contribution in [0.5, 0.6) is 0 Å². The average Bonchev–Trinajstić information content (AvgIpc) is 3.23. The molecule has 2 aliphatic rings. The second-order valence-electron chi connectivity index (χ2n) is 7.72. The quantitative estimate of drug-likeness (QED) is 0.530. The Kier molecular flexibility index (Phi) is 5.89. The molecule has 3 aromatic rings. The maximum Gasteiger partial charge on any atom is 0.280 e. The minimum atomic E-state index is -0.538. The van der Waals surface area contributed by atoms with E-state index in [1.807, 2.05) is 30.3 Å². The van der Waals surface area contributed by atoms with Crippen LogP contribution in [0.25, 0.3) is 11.2 Å². The maximum absolute atomic E-state index is 12.2. The second kappa shape index (κ2) is 8.96. The van der Waals surface area contributed by atoms with Gasteiger partial charge in [0.05, 0.1) is 38.8 Å². The van der Waals surface area contributed by atoms with Gasteiger partial charge in [0, 0.05) is 12.7 Å². The minimum Gasteiger partial charge on any atom is -0.382 e. The Labute approximate surface area is 183 Å². The molecule has 2 aliphatic heterocycles. The molecule has 170 valence electrons. The van der Waals surface area contributed by atoms with Crippen molar-refractivity contribution in [2.45, 2.75) is 30.6 Å². The van der Waals surface area contributed by atoms with Gasteiger partial charge in [-0.15, -0.1) is 0 Å². The van der Waals surface area contributed by atoms with E-state index in [0.29, 0.717) is 32.1 Å². The molecule has 0 radical (unpaired) electrons. The molecule has 11 heteroatoms. The average molecular weight is 443 g/mol. The molecule has 4 heterocycles. The van der Waals surface area contributed by atoms with Crippen molar-refractivity contribution in [1.29, 1.82) is 0 Å². The number of anilines is 1. The van der Waals surface area contributed by atoms with Crippen molar-refractivity contribution in [3.63, 3.8) is 0 Å². The van der Waals surface area contributed by atoms with E-state index in [0.717, 1.165) is 5.56 Å². The highest BCUT2D eigenvalue weighted by molar-refractivity contribution is 5.70. The van der Waals surface area contributed by atoms with Crippen LogP contribution < -0.4 is 11.3 Å². The molecule has 0 aliphatic carbocycles. The van der Waals surface area contributed by atoms with E-state index in [2.05, 4.69) is 15.0 Å². The molecular formula is C21H25N5O6. The Hall–Kier alpha value is -2.83. The summed E-state index contributed by atoms with van der Waals surface area (Å²) >= 11 is 0. The molecule has 5 rings (SSSR count). The van der Waals surface area contributed by atoms with Crippen molar-refractivity contribution < 1.29 is 23.7 Å². The molecule has 0 amide bonds. The molecule has 11 nitrogen and oxygen atoms in total. The van der Waals surface area contributed by atoms with Crippen LogP contribution >= 0.6 is 0 Å². The molecule has 0 bridgehead atoms. The van der Waals surface area contributed by atoms with Crippen molar-refractivity contribution >= 4 is 17.1 Å². The number of imidazole rings is 1. The van der Waals surface area contributed by atoms with Gasteiger partial charge in [-0.3, -0.25) is 9.78 Å². The standard InChI is InChI=1S/C21H25N5O6/c1-28-7-8-29-16-13(26-11-23-15-18(26)24-21(22)25-19(15)27)9-30-14-10-31-20(32-17(14)16)12-5-3-2-4-6-12/h2-6,11,13-14,16-17,20H,7-10H2,1H3,(H3,22,24,25,27)/t13-,14-,16+,17-,20?/m1/s1. The number of nitrogen functional groups attached to an aromatic ring is 1. The van der Waals surface area contributed by atoms with Crippen LogP contribution in [0.3, 0.4) is 0 Å². The summed E-state index contributed by atoms with van der Waals surface area (Å²) in [5.74, 6) is 0.0159. The molecule has 0 spiro atoms. The highest BCUT2D eigenvalue weighted by atomic mass is 16.7. The van der Waals surface area contributed by atoms with Gasteiger partial charge in [0.15, 0.2) is 17.5 Å². The maximum atomic E-state index is 12.2. The van der Waals surface area contributed by atoms with Crippen LogP contribution in [0.4, 0.5) is 5.95 Å². The molecule has 32 heavy (non-hydrogen) atoms. The van der Waals surface area contributed by atoms with Crippen LogP contribution in [-0.2, 0) is 23.7 Å². The molecule has 3 N–H and O–H groups in total. The van der Waals surface area contributed by atoms with Gasteiger partial charge in [-0.25, -0.2) is 4.98 Å². The van der Waals surface area contributed by atoms with E-state index in [1.165, 1.54) is 0 Å². The fourth-order valence-electron chi connectivity index (χ4n) is 4.20. The summed E-state index contributed by atoms with van der Waals surface area (Å²) < 4.78 is 31.5. The van der Waals surface area contributed by atoms with Crippen molar-refractivity contribution in [1.82, 2.24) is 19.5 Å². The number of ether oxygens (including phenoxy) is 5. The molecule has 2 fully saturated rings. The first-order valence-electron chi connectivity index (χ1n) is 10.4. The van der Waals surface area contributed by atoms with Crippen molar-refractivity contribution in [3.05, 3.63) is 52.6 Å². The topological polar surface area (TPSA) is 136 Å². The Bertz CT molecular complexity index is 1120. The van der Waals surface area contributed by atoms with E-state index in [1.54, 1.807) is 18.0 Å². The van der Waals surface area contributed by atoms with Gasteiger partial charge < -0.3 is 34.0 Å². The van der Waals surface area contributed by atoms with Crippen molar-refractivity contribution in [2.24, 2.45) is 0 Å². The van der Waals surface area contributed by atoms with Gasteiger partial charge in [0.1, 0.15) is 18.3 Å². The first kappa shape index (κ1) is 21.0. The molecule has 0 saturated carbocycles. The number of aromatic amines is 1. The summed E-state index contributed by atoms with van der Waals surface area (Å²) in [7, 11) is 1.62. The number of nitrogens with zero attached hydrogens (tertiary/aromatic N) is 3.